The molecule has 0 amide bonds. The third kappa shape index (κ3) is 2.29. The molecule has 0 bridgehead atoms. The lowest BCUT2D eigenvalue weighted by molar-refractivity contribution is 0.596. The fraction of sp³-hybridized carbons (Fsp3) is 0. The van der Waals surface area contributed by atoms with E-state index in [2.05, 4.69) is 0 Å². The lowest BCUT2D eigenvalue weighted by atomic mass is 10.4. The molecule has 3 nitrogen and oxygen atoms in total. The lowest BCUT2D eigenvalue weighted by Crippen LogP contribution is -2.00. The quantitative estimate of drug-likeness (QED) is 0.796. The van der Waals surface area contributed by atoms with E-state index < -0.39 is 9.84 Å². The molecule has 0 atom stereocenters. The topological polar surface area (TPSA) is 65.6 Å². The SMILES string of the molecule is O.O=S(=O)(c1ccccc1)c1ccccc1. The van der Waals surface area contributed by atoms with Gasteiger partial charge in [0.15, 0.2) is 0 Å². The molecular weight excluding hydrogens is 224 g/mol. The van der Waals surface area contributed by atoms with Crippen LogP contribution in [0.3, 0.4) is 0 Å². The molecule has 0 saturated carbocycles. The third-order valence-electron chi connectivity index (χ3n) is 2.11. The highest BCUT2D eigenvalue weighted by atomic mass is 32.2. The van der Waals surface area contributed by atoms with Gasteiger partial charge in [0.25, 0.3) is 0 Å². The van der Waals surface area contributed by atoms with E-state index in [4.69, 9.17) is 0 Å². The maximum atomic E-state index is 12.0. The Hall–Kier alpha value is -1.65. The largest absolute Gasteiger partial charge is 0.412 e. The number of benzene rings is 2. The van der Waals surface area contributed by atoms with Crippen molar-refractivity contribution < 1.29 is 13.9 Å². The van der Waals surface area contributed by atoms with Gasteiger partial charge in [-0.25, -0.2) is 8.42 Å². The molecule has 0 aliphatic heterocycles. The molecule has 84 valence electrons. The van der Waals surface area contributed by atoms with Crippen LogP contribution in [0.4, 0.5) is 0 Å². The first-order valence-electron chi connectivity index (χ1n) is 4.56. The number of hydrogen-bond donors (Lipinski definition) is 0. The normalized spacial score (nSPS) is 10.5. The molecule has 0 fully saturated rings. The van der Waals surface area contributed by atoms with E-state index in [1.54, 1.807) is 60.7 Å². The zero-order chi connectivity index (χ0) is 10.7. The van der Waals surface area contributed by atoms with Gasteiger partial charge in [0.05, 0.1) is 9.79 Å². The average molecular weight is 236 g/mol. The van der Waals surface area contributed by atoms with Crippen LogP contribution in [0, 0.1) is 0 Å². The van der Waals surface area contributed by atoms with Crippen LogP contribution >= 0.6 is 0 Å². The number of hydrogen-bond acceptors (Lipinski definition) is 2. The molecule has 16 heavy (non-hydrogen) atoms. The number of sulfone groups is 1. The zero-order valence-corrected chi connectivity index (χ0v) is 9.31. The Morgan fingerprint density at radius 2 is 0.938 bits per heavy atom. The van der Waals surface area contributed by atoms with Crippen molar-refractivity contribution in [1.29, 1.82) is 0 Å². The Labute approximate surface area is 94.6 Å². The molecule has 0 heterocycles. The molecule has 0 unspecified atom stereocenters. The summed E-state index contributed by atoms with van der Waals surface area (Å²) in [5.41, 5.74) is 0. The van der Waals surface area contributed by atoms with Crippen molar-refractivity contribution in [2.45, 2.75) is 9.79 Å². The molecule has 2 aromatic carbocycles. The van der Waals surface area contributed by atoms with Crippen LogP contribution in [0.1, 0.15) is 0 Å². The third-order valence-corrected chi connectivity index (χ3v) is 3.89. The summed E-state index contributed by atoms with van der Waals surface area (Å²) in [5.74, 6) is 0. The van der Waals surface area contributed by atoms with Crippen molar-refractivity contribution in [3.8, 4) is 0 Å². The monoisotopic (exact) mass is 236 g/mol. The Balaban J connectivity index is 0.00000128. The van der Waals surface area contributed by atoms with E-state index in [-0.39, 0.29) is 5.48 Å². The minimum atomic E-state index is -3.34. The highest BCUT2D eigenvalue weighted by molar-refractivity contribution is 7.91. The fourth-order valence-electron chi connectivity index (χ4n) is 1.34. The van der Waals surface area contributed by atoms with Crippen molar-refractivity contribution >= 4 is 9.84 Å². The van der Waals surface area contributed by atoms with Gasteiger partial charge >= 0.3 is 0 Å². The van der Waals surface area contributed by atoms with Gasteiger partial charge in [0.1, 0.15) is 0 Å². The van der Waals surface area contributed by atoms with Gasteiger partial charge in [0, 0.05) is 0 Å². The molecule has 2 aromatic rings. The van der Waals surface area contributed by atoms with Crippen LogP contribution in [-0.4, -0.2) is 13.9 Å². The summed E-state index contributed by atoms with van der Waals surface area (Å²) in [6.45, 7) is 0. The van der Waals surface area contributed by atoms with Gasteiger partial charge in [-0.1, -0.05) is 36.4 Å². The van der Waals surface area contributed by atoms with Crippen molar-refractivity contribution in [2.24, 2.45) is 0 Å². The van der Waals surface area contributed by atoms with E-state index >= 15 is 0 Å². The maximum absolute atomic E-state index is 12.0. The zero-order valence-electron chi connectivity index (χ0n) is 8.50. The van der Waals surface area contributed by atoms with Crippen molar-refractivity contribution in [2.75, 3.05) is 0 Å². The molecular formula is C12H12O3S. The fourth-order valence-corrected chi connectivity index (χ4v) is 2.64. The second kappa shape index (κ2) is 4.92. The van der Waals surface area contributed by atoms with E-state index in [0.717, 1.165) is 0 Å². The summed E-state index contributed by atoms with van der Waals surface area (Å²) in [4.78, 5) is 0.660. The maximum Gasteiger partial charge on any atom is 0.206 e. The van der Waals surface area contributed by atoms with Gasteiger partial charge in [-0.3, -0.25) is 0 Å². The average Bonchev–Trinajstić information content (AvgIpc) is 2.31. The minimum Gasteiger partial charge on any atom is -0.412 e. The first kappa shape index (κ1) is 12.4. The van der Waals surface area contributed by atoms with E-state index in [1.165, 1.54) is 0 Å². The predicted molar refractivity (Wildman–Crippen MR) is 61.9 cm³/mol. The first-order valence-corrected chi connectivity index (χ1v) is 6.05. The Bertz CT molecular complexity index is 487. The first-order chi connectivity index (χ1) is 7.21. The molecule has 0 aliphatic rings. The molecule has 0 radical (unpaired) electrons. The summed E-state index contributed by atoms with van der Waals surface area (Å²) in [6, 6.07) is 16.9. The van der Waals surface area contributed by atoms with Crippen LogP contribution in [0.5, 0.6) is 0 Å². The summed E-state index contributed by atoms with van der Waals surface area (Å²) in [6.07, 6.45) is 0. The summed E-state index contributed by atoms with van der Waals surface area (Å²) >= 11 is 0. The van der Waals surface area contributed by atoms with Gasteiger partial charge in [0.2, 0.25) is 9.84 Å². The molecule has 0 saturated heterocycles. The Kier molecular flexibility index (Phi) is 3.82. The van der Waals surface area contributed by atoms with Gasteiger partial charge in [-0.2, -0.15) is 0 Å². The second-order valence-corrected chi connectivity index (χ2v) is 5.08. The van der Waals surface area contributed by atoms with E-state index in [1.807, 2.05) is 0 Å². The van der Waals surface area contributed by atoms with Crippen molar-refractivity contribution in [3.05, 3.63) is 60.7 Å². The molecule has 2 rings (SSSR count). The van der Waals surface area contributed by atoms with Crippen molar-refractivity contribution in [1.82, 2.24) is 0 Å². The summed E-state index contributed by atoms with van der Waals surface area (Å²) in [7, 11) is -3.34. The molecule has 0 aromatic heterocycles. The van der Waals surface area contributed by atoms with Crippen LogP contribution in [-0.2, 0) is 9.84 Å². The standard InChI is InChI=1S/C12H10O2S.H2O/c13-15(14,11-7-3-1-4-8-11)12-9-5-2-6-10-12;/h1-10H;1H2. The highest BCUT2D eigenvalue weighted by Crippen LogP contribution is 2.19. The van der Waals surface area contributed by atoms with Crippen LogP contribution in [0.15, 0.2) is 70.5 Å². The Morgan fingerprint density at radius 1 is 0.625 bits per heavy atom. The van der Waals surface area contributed by atoms with Crippen LogP contribution in [0.2, 0.25) is 0 Å². The van der Waals surface area contributed by atoms with Gasteiger partial charge < -0.3 is 5.48 Å². The summed E-state index contributed by atoms with van der Waals surface area (Å²) < 4.78 is 24.1. The van der Waals surface area contributed by atoms with Gasteiger partial charge in [-0.05, 0) is 24.3 Å². The van der Waals surface area contributed by atoms with E-state index in [0.29, 0.717) is 9.79 Å². The smallest absolute Gasteiger partial charge is 0.206 e. The lowest BCUT2D eigenvalue weighted by Gasteiger charge is -2.03. The molecule has 4 heteroatoms. The minimum absolute atomic E-state index is 0. The van der Waals surface area contributed by atoms with Crippen LogP contribution in [0.25, 0.3) is 0 Å². The molecule has 0 spiro atoms. The van der Waals surface area contributed by atoms with Crippen LogP contribution < -0.4 is 0 Å². The highest BCUT2D eigenvalue weighted by Gasteiger charge is 2.15. The van der Waals surface area contributed by atoms with E-state index in [9.17, 15) is 8.42 Å². The van der Waals surface area contributed by atoms with Crippen molar-refractivity contribution in [3.63, 3.8) is 0 Å². The molecule has 2 N–H and O–H groups in total. The predicted octanol–water partition coefficient (Wildman–Crippen LogP) is 1.69. The molecule has 0 aliphatic carbocycles. The summed E-state index contributed by atoms with van der Waals surface area (Å²) in [5, 5.41) is 0. The number of rotatable bonds is 2. The Morgan fingerprint density at radius 3 is 1.25 bits per heavy atom. The van der Waals surface area contributed by atoms with Gasteiger partial charge in [-0.15, -0.1) is 0 Å². The second-order valence-electron chi connectivity index (χ2n) is 3.13.